The van der Waals surface area contributed by atoms with E-state index in [4.69, 9.17) is 11.6 Å². The minimum absolute atomic E-state index is 0.0282. The van der Waals surface area contributed by atoms with E-state index in [1.807, 2.05) is 26.0 Å². The molecule has 38 heavy (non-hydrogen) atoms. The van der Waals surface area contributed by atoms with Crippen LogP contribution < -0.4 is 4.90 Å². The van der Waals surface area contributed by atoms with Crippen molar-refractivity contribution in [2.24, 2.45) is 11.8 Å². The van der Waals surface area contributed by atoms with E-state index < -0.39 is 27.4 Å². The number of aryl methyl sites for hydroxylation is 1. The van der Waals surface area contributed by atoms with Crippen LogP contribution in [-0.4, -0.2) is 80.9 Å². The van der Waals surface area contributed by atoms with Crippen molar-refractivity contribution in [2.75, 3.05) is 37.7 Å². The van der Waals surface area contributed by atoms with E-state index in [0.29, 0.717) is 30.2 Å². The average molecular weight is 560 g/mol. The SMILES string of the molecule is C=CCN(CCC)C(=O)[C@@H]1[C@H]2C(=O)N(CCO)C(C(=O)N(CC=C)c3c(C)cccc3Cl)C23CC[C@@]1(C)S3. The van der Waals surface area contributed by atoms with Gasteiger partial charge in [-0.15, -0.1) is 24.9 Å². The lowest BCUT2D eigenvalue weighted by molar-refractivity contribution is -0.145. The molecule has 2 unspecified atom stereocenters. The Morgan fingerprint density at radius 1 is 1.24 bits per heavy atom. The third kappa shape index (κ3) is 4.38. The zero-order valence-corrected chi connectivity index (χ0v) is 24.1. The highest BCUT2D eigenvalue weighted by Crippen LogP contribution is 2.71. The molecule has 7 nitrogen and oxygen atoms in total. The maximum absolute atomic E-state index is 14.5. The zero-order chi connectivity index (χ0) is 27.8. The number of nitrogens with zero attached hydrogens (tertiary/aromatic N) is 3. The quantitative estimate of drug-likeness (QED) is 0.413. The van der Waals surface area contributed by atoms with Gasteiger partial charge < -0.3 is 19.8 Å². The summed E-state index contributed by atoms with van der Waals surface area (Å²) in [5.74, 6) is -1.72. The van der Waals surface area contributed by atoms with Gasteiger partial charge in [0, 0.05) is 30.9 Å². The zero-order valence-electron chi connectivity index (χ0n) is 22.5. The molecule has 0 aromatic heterocycles. The van der Waals surface area contributed by atoms with Crippen LogP contribution in [0.4, 0.5) is 5.69 Å². The second-order valence-corrected chi connectivity index (χ2v) is 13.0. The number of carbonyl (C=O) groups excluding carboxylic acids is 3. The second kappa shape index (κ2) is 11.1. The first-order valence-electron chi connectivity index (χ1n) is 13.3. The number of fused-ring (bicyclic) bond motifs is 1. The van der Waals surface area contributed by atoms with E-state index in [1.165, 1.54) is 4.90 Å². The van der Waals surface area contributed by atoms with Crippen molar-refractivity contribution in [1.29, 1.82) is 0 Å². The van der Waals surface area contributed by atoms with E-state index in [-0.39, 0.29) is 37.4 Å². The summed E-state index contributed by atoms with van der Waals surface area (Å²) in [6.07, 6.45) is 5.53. The number of hydrogen-bond donors (Lipinski definition) is 1. The number of likely N-dealkylation sites (tertiary alicyclic amines) is 1. The molecule has 3 saturated heterocycles. The smallest absolute Gasteiger partial charge is 0.251 e. The van der Waals surface area contributed by atoms with Crippen LogP contribution in [0.5, 0.6) is 0 Å². The largest absolute Gasteiger partial charge is 0.395 e. The van der Waals surface area contributed by atoms with Crippen LogP contribution >= 0.6 is 23.4 Å². The van der Waals surface area contributed by atoms with Gasteiger partial charge in [-0.1, -0.05) is 42.8 Å². The number of hydrogen-bond acceptors (Lipinski definition) is 5. The molecule has 1 aromatic rings. The van der Waals surface area contributed by atoms with Crippen LogP contribution in [0.15, 0.2) is 43.5 Å². The van der Waals surface area contributed by atoms with Crippen molar-refractivity contribution < 1.29 is 19.5 Å². The molecular weight excluding hydrogens is 522 g/mol. The number of aliphatic hydroxyl groups excluding tert-OH is 1. The summed E-state index contributed by atoms with van der Waals surface area (Å²) < 4.78 is -1.23. The molecule has 3 heterocycles. The number of benzene rings is 1. The number of aliphatic hydroxyl groups is 1. The molecule has 1 aromatic carbocycles. The summed E-state index contributed by atoms with van der Waals surface area (Å²) in [4.78, 5) is 47.6. The third-order valence-corrected chi connectivity index (χ3v) is 10.6. The maximum atomic E-state index is 14.5. The molecule has 3 fully saturated rings. The van der Waals surface area contributed by atoms with Crippen molar-refractivity contribution in [3.8, 4) is 0 Å². The highest BCUT2D eigenvalue weighted by molar-refractivity contribution is 8.02. The fourth-order valence-corrected chi connectivity index (χ4v) is 9.54. The molecule has 1 spiro atoms. The van der Waals surface area contributed by atoms with Gasteiger partial charge in [0.1, 0.15) is 6.04 Å². The third-order valence-electron chi connectivity index (χ3n) is 8.31. The Hall–Kier alpha value is -2.29. The number of β-amino-alcohol motifs (C(OH)–C–C–N with tert-alkyl or cyclic N) is 1. The van der Waals surface area contributed by atoms with Gasteiger partial charge in [0.05, 0.1) is 33.9 Å². The molecule has 3 aliphatic heterocycles. The summed E-state index contributed by atoms with van der Waals surface area (Å²) in [6, 6.07) is 4.64. The maximum Gasteiger partial charge on any atom is 0.251 e. The number of amides is 3. The van der Waals surface area contributed by atoms with Crippen molar-refractivity contribution >= 4 is 46.8 Å². The fraction of sp³-hybridized carbons (Fsp3) is 0.552. The van der Waals surface area contributed by atoms with Crippen LogP contribution in [0.25, 0.3) is 0 Å². The van der Waals surface area contributed by atoms with Gasteiger partial charge in [-0.25, -0.2) is 0 Å². The molecule has 2 bridgehead atoms. The lowest BCUT2D eigenvalue weighted by Crippen LogP contribution is -2.55. The number of thioether (sulfide) groups is 1. The molecule has 9 heteroatoms. The van der Waals surface area contributed by atoms with Crippen LogP contribution in [0.1, 0.15) is 38.7 Å². The van der Waals surface area contributed by atoms with Gasteiger partial charge in [0.2, 0.25) is 11.8 Å². The van der Waals surface area contributed by atoms with Crippen molar-refractivity contribution in [3.05, 3.63) is 54.1 Å². The summed E-state index contributed by atoms with van der Waals surface area (Å²) in [5.41, 5.74) is 1.43. The first-order valence-corrected chi connectivity index (χ1v) is 14.5. The second-order valence-electron chi connectivity index (χ2n) is 10.7. The fourth-order valence-electron chi connectivity index (χ4n) is 6.88. The van der Waals surface area contributed by atoms with E-state index in [0.717, 1.165) is 18.4 Å². The molecule has 5 atom stereocenters. The number of carbonyl (C=O) groups is 3. The van der Waals surface area contributed by atoms with Crippen molar-refractivity contribution in [1.82, 2.24) is 9.80 Å². The lowest BCUT2D eigenvalue weighted by atomic mass is 9.66. The Balaban J connectivity index is 1.82. The molecule has 0 aliphatic carbocycles. The van der Waals surface area contributed by atoms with Crippen molar-refractivity contribution in [2.45, 2.75) is 55.6 Å². The monoisotopic (exact) mass is 559 g/mol. The van der Waals surface area contributed by atoms with E-state index in [9.17, 15) is 19.5 Å². The standard InChI is InChI=1S/C29H38ClN3O4S/c1-6-14-31(15-7-2)25(35)21-22-26(36)33(17-18-34)24(29(22)13-12-28(21,5)38-29)27(37)32(16-8-3)23-19(4)10-9-11-20(23)30/h6,8-11,21-22,24,34H,1,3,7,12-18H2,2,4-5H3/t21-,22-,24?,28+,29?/m0/s1. The summed E-state index contributed by atoms with van der Waals surface area (Å²) in [5, 5.41) is 10.4. The highest BCUT2D eigenvalue weighted by Gasteiger charge is 2.77. The number of para-hydroxylation sites is 1. The molecule has 0 saturated carbocycles. The molecule has 3 amide bonds. The normalized spacial score (nSPS) is 29.3. The van der Waals surface area contributed by atoms with E-state index in [1.54, 1.807) is 39.8 Å². The molecular formula is C29H38ClN3O4S. The first kappa shape index (κ1) is 28.7. The van der Waals surface area contributed by atoms with Crippen LogP contribution in [0.2, 0.25) is 5.02 Å². The highest BCUT2D eigenvalue weighted by atomic mass is 35.5. The van der Waals surface area contributed by atoms with Crippen molar-refractivity contribution in [3.63, 3.8) is 0 Å². The van der Waals surface area contributed by atoms with Gasteiger partial charge in [-0.05, 0) is 44.7 Å². The Bertz CT molecular complexity index is 1120. The Labute approximate surface area is 234 Å². The Kier molecular flexibility index (Phi) is 8.36. The number of rotatable bonds is 11. The number of anilines is 1. The van der Waals surface area contributed by atoms with Crippen LogP contribution in [0, 0.1) is 18.8 Å². The Morgan fingerprint density at radius 3 is 2.55 bits per heavy atom. The summed E-state index contributed by atoms with van der Waals surface area (Å²) in [7, 11) is 0. The van der Waals surface area contributed by atoms with Gasteiger partial charge in [-0.2, -0.15) is 0 Å². The molecule has 0 radical (unpaired) electrons. The lowest BCUT2D eigenvalue weighted by Gasteiger charge is -2.38. The average Bonchev–Trinajstić information content (AvgIpc) is 3.43. The molecule has 206 valence electrons. The van der Waals surface area contributed by atoms with Gasteiger partial charge in [0.25, 0.3) is 5.91 Å². The summed E-state index contributed by atoms with van der Waals surface area (Å²) >= 11 is 8.22. The molecule has 1 N–H and O–H groups in total. The van der Waals surface area contributed by atoms with Gasteiger partial charge in [0.15, 0.2) is 0 Å². The predicted molar refractivity (Wildman–Crippen MR) is 153 cm³/mol. The predicted octanol–water partition coefficient (Wildman–Crippen LogP) is 4.07. The van der Waals surface area contributed by atoms with E-state index >= 15 is 0 Å². The van der Waals surface area contributed by atoms with E-state index in [2.05, 4.69) is 20.1 Å². The molecule has 3 aliphatic rings. The van der Waals surface area contributed by atoms with Crippen LogP contribution in [0.3, 0.4) is 0 Å². The minimum atomic E-state index is -0.827. The topological polar surface area (TPSA) is 81.2 Å². The van der Waals surface area contributed by atoms with Gasteiger partial charge >= 0.3 is 0 Å². The molecule has 4 rings (SSSR count). The van der Waals surface area contributed by atoms with Crippen LogP contribution in [-0.2, 0) is 14.4 Å². The Morgan fingerprint density at radius 2 is 1.95 bits per heavy atom. The first-order chi connectivity index (χ1) is 18.1. The number of halogens is 1. The summed E-state index contributed by atoms with van der Waals surface area (Å²) in [6.45, 7) is 14.6. The minimum Gasteiger partial charge on any atom is -0.395 e. The van der Waals surface area contributed by atoms with Gasteiger partial charge in [-0.3, -0.25) is 14.4 Å².